The lowest BCUT2D eigenvalue weighted by molar-refractivity contribution is -0.136. The minimum Gasteiger partial charge on any atom is -0.481 e. The van der Waals surface area contributed by atoms with Crippen LogP contribution in [0.25, 0.3) is 0 Å². The zero-order valence-electron chi connectivity index (χ0n) is 8.62. The molecule has 0 spiro atoms. The first-order chi connectivity index (χ1) is 7.27. The monoisotopic (exact) mass is 205 g/mol. The highest BCUT2D eigenvalue weighted by Gasteiger charge is 2.12. The van der Waals surface area contributed by atoms with Gasteiger partial charge >= 0.3 is 5.97 Å². The third-order valence-electron chi connectivity index (χ3n) is 2.78. The second kappa shape index (κ2) is 4.34. The quantitative estimate of drug-likeness (QED) is 0.777. The highest BCUT2D eigenvalue weighted by atomic mass is 16.4. The van der Waals surface area contributed by atoms with Crippen LogP contribution in [0, 0.1) is 0 Å². The number of nitrogens with one attached hydrogen (secondary N) is 1. The average molecular weight is 205 g/mol. The molecular weight excluding hydrogens is 190 g/mol. The molecule has 1 aromatic rings. The lowest BCUT2D eigenvalue weighted by atomic mass is 9.99. The Bertz CT molecular complexity index is 374. The fraction of sp³-hybridized carbons (Fsp3) is 0.417. The summed E-state index contributed by atoms with van der Waals surface area (Å²) in [5.41, 5.74) is 3.26. The maximum absolute atomic E-state index is 10.7. The van der Waals surface area contributed by atoms with E-state index in [1.165, 1.54) is 5.56 Å². The Morgan fingerprint density at radius 2 is 2.27 bits per heavy atom. The van der Waals surface area contributed by atoms with Crippen molar-refractivity contribution < 1.29 is 9.90 Å². The summed E-state index contributed by atoms with van der Waals surface area (Å²) in [5.74, 6) is -0.757. The summed E-state index contributed by atoms with van der Waals surface area (Å²) in [7, 11) is 0. The molecule has 0 atom stereocenters. The molecule has 0 bridgehead atoms. The molecule has 0 fully saturated rings. The number of hydrogen-bond acceptors (Lipinski definition) is 2. The number of aliphatic carboxylic acids is 1. The Kier molecular flexibility index (Phi) is 2.90. The molecule has 0 saturated carbocycles. The number of benzene rings is 1. The van der Waals surface area contributed by atoms with Crippen LogP contribution in [0.2, 0.25) is 0 Å². The van der Waals surface area contributed by atoms with Crippen molar-refractivity contribution in [3.05, 3.63) is 29.3 Å². The van der Waals surface area contributed by atoms with Gasteiger partial charge in [-0.3, -0.25) is 4.79 Å². The van der Waals surface area contributed by atoms with E-state index in [-0.39, 0.29) is 6.42 Å². The zero-order chi connectivity index (χ0) is 10.7. The van der Waals surface area contributed by atoms with Gasteiger partial charge in [0, 0.05) is 12.2 Å². The average Bonchev–Trinajstić information content (AvgIpc) is 2.42. The number of fused-ring (bicyclic) bond motifs is 1. The Hall–Kier alpha value is -1.51. The summed E-state index contributed by atoms with van der Waals surface area (Å²) in [6.45, 7) is 0.990. The molecule has 3 nitrogen and oxygen atoms in total. The highest BCUT2D eigenvalue weighted by Crippen LogP contribution is 2.25. The van der Waals surface area contributed by atoms with E-state index in [9.17, 15) is 4.79 Å². The number of hydrogen-bond donors (Lipinski definition) is 2. The Morgan fingerprint density at radius 3 is 3.07 bits per heavy atom. The van der Waals surface area contributed by atoms with E-state index in [1.807, 2.05) is 18.2 Å². The number of carbonyl (C=O) groups is 1. The van der Waals surface area contributed by atoms with E-state index < -0.39 is 5.97 Å². The molecule has 2 rings (SSSR count). The first-order valence-corrected chi connectivity index (χ1v) is 5.34. The summed E-state index contributed by atoms with van der Waals surface area (Å²) in [4.78, 5) is 10.7. The van der Waals surface area contributed by atoms with Gasteiger partial charge in [0.2, 0.25) is 0 Å². The van der Waals surface area contributed by atoms with Gasteiger partial charge < -0.3 is 10.4 Å². The number of rotatable bonds is 2. The predicted octanol–water partition coefficient (Wildman–Crippen LogP) is 2.06. The molecule has 0 amide bonds. The van der Waals surface area contributed by atoms with E-state index >= 15 is 0 Å². The van der Waals surface area contributed by atoms with Gasteiger partial charge in [-0.2, -0.15) is 0 Å². The van der Waals surface area contributed by atoms with Crippen molar-refractivity contribution in [1.29, 1.82) is 0 Å². The van der Waals surface area contributed by atoms with E-state index in [0.717, 1.165) is 37.1 Å². The molecule has 0 radical (unpaired) electrons. The van der Waals surface area contributed by atoms with Crippen LogP contribution in [0.15, 0.2) is 18.2 Å². The smallest absolute Gasteiger partial charge is 0.307 e. The van der Waals surface area contributed by atoms with Crippen molar-refractivity contribution in [2.45, 2.75) is 25.7 Å². The molecule has 1 heterocycles. The standard InChI is InChI=1S/C12H15NO2/c14-12(15)8-9-4-3-6-11-10(9)5-1-2-7-13-11/h3-4,6,13H,1-2,5,7-8H2,(H,14,15). The van der Waals surface area contributed by atoms with Crippen molar-refractivity contribution in [1.82, 2.24) is 0 Å². The largest absolute Gasteiger partial charge is 0.481 e. The SMILES string of the molecule is O=C(O)Cc1cccc2c1CCCCN2. The van der Waals surface area contributed by atoms with Gasteiger partial charge in [0.1, 0.15) is 0 Å². The van der Waals surface area contributed by atoms with Crippen LogP contribution in [0.1, 0.15) is 24.0 Å². The van der Waals surface area contributed by atoms with E-state index in [1.54, 1.807) is 0 Å². The number of carboxylic acids is 1. The van der Waals surface area contributed by atoms with Crippen molar-refractivity contribution in [3.8, 4) is 0 Å². The fourth-order valence-electron chi connectivity index (χ4n) is 2.07. The lowest BCUT2D eigenvalue weighted by Crippen LogP contribution is -2.05. The van der Waals surface area contributed by atoms with Crippen LogP contribution in [-0.4, -0.2) is 17.6 Å². The van der Waals surface area contributed by atoms with E-state index in [2.05, 4.69) is 5.32 Å². The molecule has 1 aliphatic rings. The molecule has 3 heteroatoms. The lowest BCUT2D eigenvalue weighted by Gasteiger charge is -2.11. The van der Waals surface area contributed by atoms with Gasteiger partial charge in [-0.25, -0.2) is 0 Å². The van der Waals surface area contributed by atoms with Crippen LogP contribution < -0.4 is 5.32 Å². The summed E-state index contributed by atoms with van der Waals surface area (Å²) in [6.07, 6.45) is 3.41. The van der Waals surface area contributed by atoms with Crippen LogP contribution in [0.3, 0.4) is 0 Å². The molecule has 2 N–H and O–H groups in total. The van der Waals surface area contributed by atoms with Gasteiger partial charge in [0.15, 0.2) is 0 Å². The van der Waals surface area contributed by atoms with Crippen LogP contribution in [0.4, 0.5) is 5.69 Å². The normalized spacial score (nSPS) is 14.9. The zero-order valence-corrected chi connectivity index (χ0v) is 8.62. The predicted molar refractivity (Wildman–Crippen MR) is 59.2 cm³/mol. The molecular formula is C12H15NO2. The minimum atomic E-state index is -0.757. The fourth-order valence-corrected chi connectivity index (χ4v) is 2.07. The van der Waals surface area contributed by atoms with Gasteiger partial charge in [-0.15, -0.1) is 0 Å². The van der Waals surface area contributed by atoms with Gasteiger partial charge in [-0.1, -0.05) is 12.1 Å². The maximum atomic E-state index is 10.7. The Balaban J connectivity index is 2.34. The van der Waals surface area contributed by atoms with Gasteiger partial charge in [-0.05, 0) is 36.5 Å². The van der Waals surface area contributed by atoms with E-state index in [4.69, 9.17) is 5.11 Å². The second-order valence-corrected chi connectivity index (χ2v) is 3.90. The molecule has 0 aromatic heterocycles. The summed E-state index contributed by atoms with van der Waals surface area (Å²) in [6, 6.07) is 5.88. The molecule has 0 saturated heterocycles. The van der Waals surface area contributed by atoms with Crippen LogP contribution in [-0.2, 0) is 17.6 Å². The van der Waals surface area contributed by atoms with Crippen molar-refractivity contribution in [2.24, 2.45) is 0 Å². The first-order valence-electron chi connectivity index (χ1n) is 5.34. The number of anilines is 1. The third kappa shape index (κ3) is 2.29. The first kappa shape index (κ1) is 10.0. The molecule has 0 unspecified atom stereocenters. The molecule has 15 heavy (non-hydrogen) atoms. The molecule has 0 aliphatic carbocycles. The van der Waals surface area contributed by atoms with Gasteiger partial charge in [0.25, 0.3) is 0 Å². The molecule has 1 aliphatic heterocycles. The second-order valence-electron chi connectivity index (χ2n) is 3.90. The summed E-state index contributed by atoms with van der Waals surface area (Å²) >= 11 is 0. The number of carboxylic acid groups (broad SMARTS) is 1. The van der Waals surface area contributed by atoms with Gasteiger partial charge in [0.05, 0.1) is 6.42 Å². The van der Waals surface area contributed by atoms with E-state index in [0.29, 0.717) is 0 Å². The van der Waals surface area contributed by atoms with Crippen molar-refractivity contribution in [3.63, 3.8) is 0 Å². The summed E-state index contributed by atoms with van der Waals surface area (Å²) < 4.78 is 0. The molecule has 80 valence electrons. The highest BCUT2D eigenvalue weighted by molar-refractivity contribution is 5.72. The minimum absolute atomic E-state index is 0.130. The van der Waals surface area contributed by atoms with Crippen LogP contribution >= 0.6 is 0 Å². The maximum Gasteiger partial charge on any atom is 0.307 e. The Labute approximate surface area is 89.1 Å². The Morgan fingerprint density at radius 1 is 1.40 bits per heavy atom. The van der Waals surface area contributed by atoms with Crippen molar-refractivity contribution >= 4 is 11.7 Å². The molecule has 1 aromatic carbocycles. The van der Waals surface area contributed by atoms with Crippen molar-refractivity contribution in [2.75, 3.05) is 11.9 Å². The summed E-state index contributed by atoms with van der Waals surface area (Å²) in [5, 5.41) is 12.2. The van der Waals surface area contributed by atoms with Crippen LogP contribution in [0.5, 0.6) is 0 Å². The topological polar surface area (TPSA) is 49.3 Å². The third-order valence-corrected chi connectivity index (χ3v) is 2.78.